The Bertz CT molecular complexity index is 871. The van der Waals surface area contributed by atoms with Gasteiger partial charge in [-0.15, -0.1) is 0 Å². The number of carbonyl (C=O) groups excluding carboxylic acids is 1. The second-order valence-electron chi connectivity index (χ2n) is 10.1. The average molecular weight is 494 g/mol. The Morgan fingerprint density at radius 2 is 1.63 bits per heavy atom. The largest absolute Gasteiger partial charge is 0.508 e. The Balaban J connectivity index is 2.40. The molecule has 0 fully saturated rings. The quantitative estimate of drug-likeness (QED) is 0.241. The SMILES string of the molecule is CO[C@H]1C[C@H](C)Cc2cc(O)cc(c2O)NC(=O)CC(O)CC[C@H](OC)[C@@H](C)/C(C)=C/[C@H](C)[C@H]1O. The Hall–Kier alpha value is -2.13. The summed E-state index contributed by atoms with van der Waals surface area (Å²) in [5, 5.41) is 45.0. The molecule has 5 N–H and O–H groups in total. The van der Waals surface area contributed by atoms with Gasteiger partial charge in [0.25, 0.3) is 0 Å². The van der Waals surface area contributed by atoms with Gasteiger partial charge in [0.1, 0.15) is 11.5 Å². The number of hydrogen-bond acceptors (Lipinski definition) is 7. The van der Waals surface area contributed by atoms with Crippen LogP contribution in [0.15, 0.2) is 23.8 Å². The zero-order chi connectivity index (χ0) is 26.3. The van der Waals surface area contributed by atoms with E-state index in [0.29, 0.717) is 31.2 Å². The molecule has 1 aliphatic rings. The molecule has 7 atom stereocenters. The number of aromatic hydroxyl groups is 2. The summed E-state index contributed by atoms with van der Waals surface area (Å²) in [6.45, 7) is 8.00. The minimum Gasteiger partial charge on any atom is -0.508 e. The smallest absolute Gasteiger partial charge is 0.227 e. The number of aliphatic hydroxyl groups excluding tert-OH is 2. The van der Waals surface area contributed by atoms with Crippen molar-refractivity contribution in [1.29, 1.82) is 0 Å². The van der Waals surface area contributed by atoms with Crippen LogP contribution in [0.4, 0.5) is 5.69 Å². The molecule has 1 aromatic rings. The van der Waals surface area contributed by atoms with Crippen molar-refractivity contribution in [2.75, 3.05) is 19.5 Å². The molecule has 0 aromatic heterocycles. The third-order valence-corrected chi connectivity index (χ3v) is 7.18. The molecule has 8 nitrogen and oxygen atoms in total. The van der Waals surface area contributed by atoms with E-state index in [-0.39, 0.29) is 47.5 Å². The number of nitrogens with one attached hydrogen (secondary N) is 1. The van der Waals surface area contributed by atoms with Crippen LogP contribution in [0.25, 0.3) is 0 Å². The number of amides is 1. The lowest BCUT2D eigenvalue weighted by Crippen LogP contribution is -2.35. The number of carbonyl (C=O) groups is 1. The molecule has 2 bridgehead atoms. The van der Waals surface area contributed by atoms with E-state index in [1.54, 1.807) is 14.2 Å². The van der Waals surface area contributed by atoms with E-state index < -0.39 is 24.2 Å². The summed E-state index contributed by atoms with van der Waals surface area (Å²) < 4.78 is 11.3. The molecule has 0 aliphatic carbocycles. The summed E-state index contributed by atoms with van der Waals surface area (Å²) in [4.78, 5) is 12.5. The van der Waals surface area contributed by atoms with Crippen LogP contribution in [-0.2, 0) is 20.7 Å². The first kappa shape index (κ1) is 29.1. The first-order valence-electron chi connectivity index (χ1n) is 12.4. The number of rotatable bonds is 2. The molecule has 1 heterocycles. The van der Waals surface area contributed by atoms with Crippen molar-refractivity contribution >= 4 is 11.6 Å². The molecular weight excluding hydrogens is 450 g/mol. The Morgan fingerprint density at radius 1 is 0.971 bits per heavy atom. The number of fused-ring (bicyclic) bond motifs is 2. The number of benzene rings is 1. The topological polar surface area (TPSA) is 128 Å². The molecule has 1 unspecified atom stereocenters. The van der Waals surface area contributed by atoms with Gasteiger partial charge in [-0.25, -0.2) is 0 Å². The van der Waals surface area contributed by atoms with Gasteiger partial charge in [0.15, 0.2) is 0 Å². The van der Waals surface area contributed by atoms with Gasteiger partial charge in [0.2, 0.25) is 5.91 Å². The van der Waals surface area contributed by atoms with Crippen molar-refractivity contribution < 1.29 is 34.7 Å². The number of phenols is 2. The number of aliphatic hydroxyl groups is 2. The second kappa shape index (κ2) is 13.3. The first-order chi connectivity index (χ1) is 16.5. The van der Waals surface area contributed by atoms with E-state index in [9.17, 15) is 25.2 Å². The van der Waals surface area contributed by atoms with Gasteiger partial charge in [-0.2, -0.15) is 0 Å². The molecule has 1 amide bonds. The van der Waals surface area contributed by atoms with Gasteiger partial charge in [0, 0.05) is 32.1 Å². The zero-order valence-electron chi connectivity index (χ0n) is 21.8. The van der Waals surface area contributed by atoms with Gasteiger partial charge < -0.3 is 35.2 Å². The third-order valence-electron chi connectivity index (χ3n) is 7.18. The summed E-state index contributed by atoms with van der Waals surface area (Å²) >= 11 is 0. The summed E-state index contributed by atoms with van der Waals surface area (Å²) in [5.41, 5.74) is 1.66. The third kappa shape index (κ3) is 8.20. The van der Waals surface area contributed by atoms with Crippen LogP contribution in [0, 0.1) is 17.8 Å². The fraction of sp³-hybridized carbons (Fsp3) is 0.667. The van der Waals surface area contributed by atoms with E-state index in [4.69, 9.17) is 9.47 Å². The number of hydrogen-bond donors (Lipinski definition) is 5. The van der Waals surface area contributed by atoms with E-state index in [1.165, 1.54) is 12.1 Å². The maximum Gasteiger partial charge on any atom is 0.227 e. The normalized spacial score (nSPS) is 33.5. The minimum absolute atomic E-state index is 0.00355. The molecule has 0 radical (unpaired) electrons. The lowest BCUT2D eigenvalue weighted by molar-refractivity contribution is -0.118. The van der Waals surface area contributed by atoms with Crippen molar-refractivity contribution in [2.24, 2.45) is 17.8 Å². The Labute approximate surface area is 209 Å². The lowest BCUT2D eigenvalue weighted by atomic mass is 9.86. The van der Waals surface area contributed by atoms with Crippen LogP contribution in [0.5, 0.6) is 11.5 Å². The number of methoxy groups -OCH3 is 2. The Kier molecular flexibility index (Phi) is 11.0. The molecule has 0 saturated heterocycles. The summed E-state index contributed by atoms with van der Waals surface area (Å²) in [7, 11) is 3.21. The highest BCUT2D eigenvalue weighted by atomic mass is 16.5. The van der Waals surface area contributed by atoms with Crippen molar-refractivity contribution in [3.63, 3.8) is 0 Å². The van der Waals surface area contributed by atoms with E-state index in [2.05, 4.69) is 12.2 Å². The van der Waals surface area contributed by atoms with Gasteiger partial charge in [-0.1, -0.05) is 32.4 Å². The van der Waals surface area contributed by atoms with E-state index >= 15 is 0 Å². The second-order valence-corrected chi connectivity index (χ2v) is 10.1. The predicted molar refractivity (Wildman–Crippen MR) is 135 cm³/mol. The van der Waals surface area contributed by atoms with E-state index in [0.717, 1.165) is 5.57 Å². The minimum atomic E-state index is -0.881. The van der Waals surface area contributed by atoms with Crippen LogP contribution in [0.3, 0.4) is 0 Å². The number of phenolic OH excluding ortho intramolecular Hbond substituents is 2. The lowest BCUT2D eigenvalue weighted by Gasteiger charge is -2.29. The summed E-state index contributed by atoms with van der Waals surface area (Å²) in [6.07, 6.45) is 1.57. The molecule has 1 aliphatic heterocycles. The van der Waals surface area contributed by atoms with Gasteiger partial charge >= 0.3 is 0 Å². The molecule has 198 valence electrons. The van der Waals surface area contributed by atoms with Crippen LogP contribution >= 0.6 is 0 Å². The monoisotopic (exact) mass is 493 g/mol. The highest BCUT2D eigenvalue weighted by molar-refractivity contribution is 5.93. The van der Waals surface area contributed by atoms with Gasteiger partial charge in [-0.3, -0.25) is 4.79 Å². The van der Waals surface area contributed by atoms with Crippen molar-refractivity contribution in [3.05, 3.63) is 29.3 Å². The first-order valence-corrected chi connectivity index (χ1v) is 12.4. The molecule has 8 heteroatoms. The van der Waals surface area contributed by atoms with Crippen molar-refractivity contribution in [2.45, 2.75) is 84.2 Å². The molecule has 35 heavy (non-hydrogen) atoms. The maximum atomic E-state index is 12.5. The summed E-state index contributed by atoms with van der Waals surface area (Å²) in [6, 6.07) is 2.76. The molecular formula is C27H43NO7. The van der Waals surface area contributed by atoms with Crippen LogP contribution in [0.2, 0.25) is 0 Å². The molecule has 2 rings (SSSR count). The molecule has 0 saturated carbocycles. The maximum absolute atomic E-state index is 12.5. The average Bonchev–Trinajstić information content (AvgIpc) is 2.79. The van der Waals surface area contributed by atoms with Crippen LogP contribution < -0.4 is 5.32 Å². The highest BCUT2D eigenvalue weighted by Gasteiger charge is 2.28. The number of anilines is 1. The van der Waals surface area contributed by atoms with Crippen molar-refractivity contribution in [3.8, 4) is 11.5 Å². The highest BCUT2D eigenvalue weighted by Crippen LogP contribution is 2.35. The fourth-order valence-electron chi connectivity index (χ4n) is 4.90. The summed E-state index contributed by atoms with van der Waals surface area (Å²) in [5.74, 6) is -0.763. The molecule has 0 spiro atoms. The Morgan fingerprint density at radius 3 is 2.26 bits per heavy atom. The van der Waals surface area contributed by atoms with Crippen LogP contribution in [0.1, 0.15) is 58.9 Å². The van der Waals surface area contributed by atoms with Gasteiger partial charge in [0.05, 0.1) is 36.5 Å². The zero-order valence-corrected chi connectivity index (χ0v) is 21.8. The van der Waals surface area contributed by atoms with Gasteiger partial charge in [-0.05, 0) is 50.2 Å². The fourth-order valence-corrected chi connectivity index (χ4v) is 4.90. The van der Waals surface area contributed by atoms with E-state index in [1.807, 2.05) is 26.8 Å². The van der Waals surface area contributed by atoms with Crippen molar-refractivity contribution in [1.82, 2.24) is 0 Å². The number of ether oxygens (including phenoxy) is 2. The standard InChI is InChI=1S/C27H43NO7/c1-15-9-19-12-21(30)13-22(27(19)33)28-25(31)14-20(29)7-8-23(34-5)18(4)16(2)11-17(3)26(32)24(10-15)35-6/h11-13,15,17-18,20,23-24,26,29-30,32-33H,7-10,14H2,1-6H3,(H,28,31)/b16-11+/t15-,17+,18+,20?,23+,24+,26-/m1/s1. The predicted octanol–water partition coefficient (Wildman–Crippen LogP) is 3.76. The molecule has 1 aromatic carbocycles. The van der Waals surface area contributed by atoms with Crippen LogP contribution in [-0.4, -0.2) is 65.0 Å².